The van der Waals surface area contributed by atoms with Crippen LogP contribution in [0.4, 0.5) is 15.8 Å². The van der Waals surface area contributed by atoms with Crippen molar-refractivity contribution in [3.05, 3.63) is 78.1 Å². The van der Waals surface area contributed by atoms with E-state index in [1.54, 1.807) is 31.4 Å². The van der Waals surface area contributed by atoms with Crippen molar-refractivity contribution >= 4 is 27.3 Å². The van der Waals surface area contributed by atoms with Gasteiger partial charge in [-0.3, -0.25) is 4.79 Å². The Morgan fingerprint density at radius 2 is 1.60 bits per heavy atom. The molecule has 0 radical (unpaired) electrons. The fourth-order valence-corrected chi connectivity index (χ4v) is 5.35. The lowest BCUT2D eigenvalue weighted by atomic mass is 10.2. The molecule has 0 bridgehead atoms. The van der Waals surface area contributed by atoms with E-state index in [0.717, 1.165) is 23.6 Å². The Kier molecular flexibility index (Phi) is 7.23. The summed E-state index contributed by atoms with van der Waals surface area (Å²) < 4.78 is 52.8. The van der Waals surface area contributed by atoms with Crippen molar-refractivity contribution in [3.63, 3.8) is 0 Å². The molecule has 3 aromatic carbocycles. The second kappa shape index (κ2) is 10.3. The minimum Gasteiger partial charge on any atom is -0.497 e. The first kappa shape index (κ1) is 24.5. The highest BCUT2D eigenvalue weighted by Crippen LogP contribution is 2.26. The average Bonchev–Trinajstić information content (AvgIpc) is 2.89. The van der Waals surface area contributed by atoms with E-state index in [-0.39, 0.29) is 23.5 Å². The molecule has 1 aliphatic heterocycles. The van der Waals surface area contributed by atoms with Crippen LogP contribution in [0.1, 0.15) is 10.4 Å². The number of nitrogens with one attached hydrogen (secondary N) is 1. The summed E-state index contributed by atoms with van der Waals surface area (Å²) in [5.74, 6) is -0.439. The number of halogens is 1. The molecular weight excluding hydrogens is 473 g/mol. The lowest BCUT2D eigenvalue weighted by Crippen LogP contribution is -2.48. The highest BCUT2D eigenvalue weighted by Gasteiger charge is 2.30. The van der Waals surface area contributed by atoms with Crippen molar-refractivity contribution in [1.29, 1.82) is 0 Å². The number of piperazine rings is 1. The van der Waals surface area contributed by atoms with Gasteiger partial charge in [0.1, 0.15) is 17.3 Å². The first-order valence-corrected chi connectivity index (χ1v) is 12.4. The fraction of sp³-hybridized carbons (Fsp3) is 0.240. The third-order valence-corrected chi connectivity index (χ3v) is 7.75. The molecule has 8 nitrogen and oxygen atoms in total. The number of carbonyl (C=O) groups is 1. The molecule has 10 heteroatoms. The van der Waals surface area contributed by atoms with Gasteiger partial charge in [-0.05, 0) is 54.6 Å². The number of carbonyl (C=O) groups excluding carboxylic acids is 1. The van der Waals surface area contributed by atoms with Gasteiger partial charge in [-0.2, -0.15) is 4.31 Å². The van der Waals surface area contributed by atoms with Crippen LogP contribution in [0.5, 0.6) is 11.5 Å². The van der Waals surface area contributed by atoms with E-state index < -0.39 is 21.7 Å². The Hall–Kier alpha value is -3.63. The Bertz CT molecular complexity index is 1310. The number of sulfonamides is 1. The van der Waals surface area contributed by atoms with E-state index in [1.165, 1.54) is 17.5 Å². The van der Waals surface area contributed by atoms with E-state index in [9.17, 15) is 17.6 Å². The van der Waals surface area contributed by atoms with Crippen molar-refractivity contribution in [2.75, 3.05) is 50.6 Å². The van der Waals surface area contributed by atoms with Gasteiger partial charge in [0.2, 0.25) is 10.0 Å². The molecule has 4 rings (SSSR count). The number of para-hydroxylation sites is 2. The highest BCUT2D eigenvalue weighted by molar-refractivity contribution is 7.89. The Balaban J connectivity index is 1.49. The van der Waals surface area contributed by atoms with Gasteiger partial charge in [0.05, 0.1) is 30.4 Å². The molecule has 1 fully saturated rings. The van der Waals surface area contributed by atoms with Crippen LogP contribution in [-0.4, -0.2) is 59.0 Å². The molecule has 1 aliphatic rings. The number of hydrogen-bond donors (Lipinski definition) is 1. The molecule has 1 amide bonds. The van der Waals surface area contributed by atoms with E-state index in [0.29, 0.717) is 24.5 Å². The lowest BCUT2D eigenvalue weighted by molar-refractivity contribution is 0.102. The molecule has 184 valence electrons. The van der Waals surface area contributed by atoms with Gasteiger partial charge in [-0.1, -0.05) is 12.1 Å². The third-order valence-electron chi connectivity index (χ3n) is 5.85. The summed E-state index contributed by atoms with van der Waals surface area (Å²) in [4.78, 5) is 14.7. The largest absolute Gasteiger partial charge is 0.497 e. The molecule has 0 aliphatic carbocycles. The second-order valence-corrected chi connectivity index (χ2v) is 9.82. The molecule has 0 spiro atoms. The normalized spacial score (nSPS) is 14.4. The number of nitrogens with zero attached hydrogens (tertiary/aromatic N) is 2. The maximum Gasteiger partial charge on any atom is 0.258 e. The summed E-state index contributed by atoms with van der Waals surface area (Å²) in [6.07, 6.45) is 0. The maximum atomic E-state index is 14.5. The van der Waals surface area contributed by atoms with Crippen LogP contribution >= 0.6 is 0 Å². The van der Waals surface area contributed by atoms with Crippen LogP contribution in [0.25, 0.3) is 0 Å². The summed E-state index contributed by atoms with van der Waals surface area (Å²) in [5, 5.41) is 2.58. The van der Waals surface area contributed by atoms with Crippen molar-refractivity contribution in [2.24, 2.45) is 0 Å². The van der Waals surface area contributed by atoms with Crippen LogP contribution < -0.4 is 19.7 Å². The molecule has 0 saturated carbocycles. The Morgan fingerprint density at radius 3 is 2.26 bits per heavy atom. The van der Waals surface area contributed by atoms with E-state index in [4.69, 9.17) is 9.47 Å². The van der Waals surface area contributed by atoms with Gasteiger partial charge >= 0.3 is 0 Å². The predicted octanol–water partition coefficient (Wildman–Crippen LogP) is 3.61. The van der Waals surface area contributed by atoms with Gasteiger partial charge < -0.3 is 19.7 Å². The van der Waals surface area contributed by atoms with Gasteiger partial charge in [0.15, 0.2) is 0 Å². The van der Waals surface area contributed by atoms with Crippen molar-refractivity contribution in [2.45, 2.75) is 4.90 Å². The number of rotatable bonds is 7. The van der Waals surface area contributed by atoms with E-state index in [2.05, 4.69) is 10.2 Å². The highest BCUT2D eigenvalue weighted by atomic mass is 32.2. The van der Waals surface area contributed by atoms with Crippen LogP contribution in [0.2, 0.25) is 0 Å². The van der Waals surface area contributed by atoms with Gasteiger partial charge in [-0.15, -0.1) is 0 Å². The van der Waals surface area contributed by atoms with E-state index >= 15 is 0 Å². The summed E-state index contributed by atoms with van der Waals surface area (Å²) in [6.45, 7) is 1.50. The molecule has 1 heterocycles. The zero-order valence-corrected chi connectivity index (χ0v) is 20.2. The molecule has 1 N–H and O–H groups in total. The minimum atomic E-state index is -3.92. The summed E-state index contributed by atoms with van der Waals surface area (Å²) in [7, 11) is -0.871. The molecule has 0 unspecified atom stereocenters. The number of ether oxygens (including phenoxy) is 2. The number of methoxy groups -OCH3 is 2. The quantitative estimate of drug-likeness (QED) is 0.535. The van der Waals surface area contributed by atoms with Gasteiger partial charge in [0, 0.05) is 31.9 Å². The number of benzene rings is 3. The third kappa shape index (κ3) is 5.23. The van der Waals surface area contributed by atoms with Gasteiger partial charge in [-0.25, -0.2) is 12.8 Å². The molecule has 1 saturated heterocycles. The van der Waals surface area contributed by atoms with Crippen LogP contribution in [0.15, 0.2) is 71.6 Å². The summed E-state index contributed by atoms with van der Waals surface area (Å²) >= 11 is 0. The Morgan fingerprint density at radius 1 is 0.914 bits per heavy atom. The zero-order chi connectivity index (χ0) is 25.0. The smallest absolute Gasteiger partial charge is 0.258 e. The minimum absolute atomic E-state index is 0.137. The van der Waals surface area contributed by atoms with E-state index in [1.807, 2.05) is 24.3 Å². The SMILES string of the molecule is COc1ccc(N2CCN(S(=O)(=O)c3ccc(F)c(C(=O)Nc4ccccc4OC)c3)CC2)cc1. The monoisotopic (exact) mass is 499 g/mol. The first-order valence-electron chi connectivity index (χ1n) is 11.0. The second-order valence-electron chi connectivity index (χ2n) is 7.89. The standard InChI is InChI=1S/C25H26FN3O5S/c1-33-19-9-7-18(8-10-19)28-13-15-29(16-14-28)35(31,32)20-11-12-22(26)21(17-20)25(30)27-23-5-3-4-6-24(23)34-2/h3-12,17H,13-16H2,1-2H3,(H,27,30). The fourth-order valence-electron chi connectivity index (χ4n) is 3.91. The topological polar surface area (TPSA) is 88.2 Å². The number of hydrogen-bond acceptors (Lipinski definition) is 6. The summed E-state index contributed by atoms with van der Waals surface area (Å²) in [6, 6.07) is 17.5. The van der Waals surface area contributed by atoms with Gasteiger partial charge in [0.25, 0.3) is 5.91 Å². The zero-order valence-electron chi connectivity index (χ0n) is 19.4. The lowest BCUT2D eigenvalue weighted by Gasteiger charge is -2.35. The van der Waals surface area contributed by atoms with Crippen LogP contribution in [0, 0.1) is 5.82 Å². The molecule has 3 aromatic rings. The predicted molar refractivity (Wildman–Crippen MR) is 131 cm³/mol. The molecular formula is C25H26FN3O5S. The maximum absolute atomic E-state index is 14.5. The number of amides is 1. The van der Waals surface area contributed by atoms with Crippen molar-refractivity contribution < 1.29 is 27.1 Å². The first-order chi connectivity index (χ1) is 16.8. The summed E-state index contributed by atoms with van der Waals surface area (Å²) in [5.41, 5.74) is 0.955. The van der Waals surface area contributed by atoms with Crippen molar-refractivity contribution in [1.82, 2.24) is 4.31 Å². The molecule has 0 atom stereocenters. The molecule has 0 aromatic heterocycles. The van der Waals surface area contributed by atoms with Crippen LogP contribution in [0.3, 0.4) is 0 Å². The van der Waals surface area contributed by atoms with Crippen LogP contribution in [-0.2, 0) is 10.0 Å². The number of anilines is 2. The molecule has 35 heavy (non-hydrogen) atoms. The Labute approximate surface area is 203 Å². The van der Waals surface area contributed by atoms with Crippen molar-refractivity contribution in [3.8, 4) is 11.5 Å². The average molecular weight is 500 g/mol.